The summed E-state index contributed by atoms with van der Waals surface area (Å²) in [7, 11) is 1.69. The van der Waals surface area contributed by atoms with Gasteiger partial charge in [0.05, 0.1) is 7.11 Å². The van der Waals surface area contributed by atoms with Crippen LogP contribution in [0.4, 0.5) is 11.8 Å². The maximum Gasteiger partial charge on any atom is 0.224 e. The summed E-state index contributed by atoms with van der Waals surface area (Å²) >= 11 is 0. The molecule has 0 fully saturated rings. The molecule has 2 N–H and O–H groups in total. The van der Waals surface area contributed by atoms with E-state index in [0.29, 0.717) is 12.0 Å². The lowest BCUT2D eigenvalue weighted by atomic mass is 10.1. The van der Waals surface area contributed by atoms with Crippen LogP contribution in [-0.2, 0) is 6.42 Å². The van der Waals surface area contributed by atoms with Gasteiger partial charge in [-0.05, 0) is 37.5 Å². The minimum atomic E-state index is 0.399. The maximum atomic E-state index is 5.35. The van der Waals surface area contributed by atoms with Crippen molar-refractivity contribution in [3.63, 3.8) is 0 Å². The lowest BCUT2D eigenvalue weighted by molar-refractivity contribution is 0.410. The lowest BCUT2D eigenvalue weighted by Gasteiger charge is -2.13. The summed E-state index contributed by atoms with van der Waals surface area (Å²) in [4.78, 5) is 8.72. The number of nitrogens with zero attached hydrogens (tertiary/aromatic N) is 2. The molecule has 0 bridgehead atoms. The summed E-state index contributed by atoms with van der Waals surface area (Å²) in [5.41, 5.74) is 1.17. The zero-order chi connectivity index (χ0) is 15.8. The summed E-state index contributed by atoms with van der Waals surface area (Å²) in [6.07, 6.45) is 3.68. The molecule has 1 unspecified atom stereocenters. The summed E-state index contributed by atoms with van der Waals surface area (Å²) in [6.45, 7) is 5.04. The third-order valence-corrected chi connectivity index (χ3v) is 3.53. The highest BCUT2D eigenvalue weighted by Gasteiger charge is 2.04. The Labute approximate surface area is 132 Å². The third kappa shape index (κ3) is 4.62. The van der Waals surface area contributed by atoms with Crippen molar-refractivity contribution in [2.45, 2.75) is 32.7 Å². The Hall–Kier alpha value is -2.30. The largest absolute Gasteiger partial charge is 0.496 e. The molecule has 5 heteroatoms. The van der Waals surface area contributed by atoms with Gasteiger partial charge in [0.25, 0.3) is 0 Å². The number of hydrogen-bond donors (Lipinski definition) is 2. The fraction of sp³-hybridized carbons (Fsp3) is 0.412. The average Bonchev–Trinajstić information content (AvgIpc) is 2.55. The number of anilines is 2. The monoisotopic (exact) mass is 300 g/mol. The van der Waals surface area contributed by atoms with E-state index in [1.54, 1.807) is 13.3 Å². The van der Waals surface area contributed by atoms with E-state index in [-0.39, 0.29) is 0 Å². The van der Waals surface area contributed by atoms with Crippen molar-refractivity contribution in [2.75, 3.05) is 24.3 Å². The van der Waals surface area contributed by atoms with E-state index >= 15 is 0 Å². The highest BCUT2D eigenvalue weighted by molar-refractivity contribution is 5.40. The molecule has 0 amide bonds. The molecule has 0 spiro atoms. The van der Waals surface area contributed by atoms with Crippen LogP contribution >= 0.6 is 0 Å². The van der Waals surface area contributed by atoms with Gasteiger partial charge in [0.1, 0.15) is 11.6 Å². The Morgan fingerprint density at radius 1 is 1.23 bits per heavy atom. The molecule has 5 nitrogen and oxygen atoms in total. The molecule has 0 radical (unpaired) electrons. The summed E-state index contributed by atoms with van der Waals surface area (Å²) < 4.78 is 5.35. The molecule has 2 aromatic rings. The second-order valence-electron chi connectivity index (χ2n) is 5.21. The van der Waals surface area contributed by atoms with Crippen LogP contribution < -0.4 is 15.4 Å². The smallest absolute Gasteiger partial charge is 0.224 e. The van der Waals surface area contributed by atoms with E-state index in [1.165, 1.54) is 5.56 Å². The fourth-order valence-electron chi connectivity index (χ4n) is 2.10. The van der Waals surface area contributed by atoms with Crippen LogP contribution in [0.2, 0.25) is 0 Å². The van der Waals surface area contributed by atoms with Crippen LogP contribution in [0.5, 0.6) is 5.75 Å². The number of benzene rings is 1. The molecule has 1 atom stereocenters. The van der Waals surface area contributed by atoms with Gasteiger partial charge < -0.3 is 15.4 Å². The number of ether oxygens (including phenoxy) is 1. The number of rotatable bonds is 8. The van der Waals surface area contributed by atoms with E-state index in [9.17, 15) is 0 Å². The van der Waals surface area contributed by atoms with Gasteiger partial charge >= 0.3 is 0 Å². The van der Waals surface area contributed by atoms with Gasteiger partial charge in [-0.1, -0.05) is 25.1 Å². The first kappa shape index (κ1) is 16.1. The molecule has 118 valence electrons. The minimum Gasteiger partial charge on any atom is -0.496 e. The SMILES string of the molecule is CCC(C)Nc1ccnc(NCCc2ccccc2OC)n1. The summed E-state index contributed by atoms with van der Waals surface area (Å²) in [5, 5.41) is 6.61. The average molecular weight is 300 g/mol. The Bertz CT molecular complexity index is 588. The van der Waals surface area contributed by atoms with Crippen LogP contribution in [0.25, 0.3) is 0 Å². The molecule has 0 aliphatic carbocycles. The second kappa shape index (κ2) is 8.22. The van der Waals surface area contributed by atoms with Crippen molar-refractivity contribution < 1.29 is 4.74 Å². The maximum absolute atomic E-state index is 5.35. The van der Waals surface area contributed by atoms with Gasteiger partial charge in [0.2, 0.25) is 5.95 Å². The molecule has 22 heavy (non-hydrogen) atoms. The Kier molecular flexibility index (Phi) is 6.01. The highest BCUT2D eigenvalue weighted by Crippen LogP contribution is 2.17. The Morgan fingerprint density at radius 3 is 2.82 bits per heavy atom. The number of para-hydroxylation sites is 1. The number of nitrogens with one attached hydrogen (secondary N) is 2. The molecule has 1 aromatic carbocycles. The third-order valence-electron chi connectivity index (χ3n) is 3.53. The highest BCUT2D eigenvalue weighted by atomic mass is 16.5. The van der Waals surface area contributed by atoms with Gasteiger partial charge in [-0.3, -0.25) is 0 Å². The molecule has 0 saturated heterocycles. The van der Waals surface area contributed by atoms with E-state index in [1.807, 2.05) is 24.3 Å². The van der Waals surface area contributed by atoms with E-state index in [0.717, 1.165) is 31.0 Å². The normalized spacial score (nSPS) is 11.8. The van der Waals surface area contributed by atoms with Crippen molar-refractivity contribution >= 4 is 11.8 Å². The van der Waals surface area contributed by atoms with Gasteiger partial charge in [-0.2, -0.15) is 4.98 Å². The summed E-state index contributed by atoms with van der Waals surface area (Å²) in [6, 6.07) is 10.3. The number of methoxy groups -OCH3 is 1. The van der Waals surface area contributed by atoms with Crippen molar-refractivity contribution in [3.8, 4) is 5.75 Å². The zero-order valence-corrected chi connectivity index (χ0v) is 13.5. The van der Waals surface area contributed by atoms with Crippen LogP contribution in [0.1, 0.15) is 25.8 Å². The van der Waals surface area contributed by atoms with E-state index in [4.69, 9.17) is 4.74 Å². The van der Waals surface area contributed by atoms with Gasteiger partial charge in [-0.25, -0.2) is 4.98 Å². The molecule has 0 saturated carbocycles. The predicted octanol–water partition coefficient (Wildman–Crippen LogP) is 3.35. The van der Waals surface area contributed by atoms with Crippen LogP contribution in [0, 0.1) is 0 Å². The quantitative estimate of drug-likeness (QED) is 0.783. The molecule has 1 aromatic heterocycles. The minimum absolute atomic E-state index is 0.399. The lowest BCUT2D eigenvalue weighted by Crippen LogP contribution is -2.15. The molecule has 1 heterocycles. The van der Waals surface area contributed by atoms with Gasteiger partial charge in [0.15, 0.2) is 0 Å². The molecule has 0 aliphatic rings. The Balaban J connectivity index is 1.90. The van der Waals surface area contributed by atoms with Crippen molar-refractivity contribution in [1.29, 1.82) is 0 Å². The predicted molar refractivity (Wildman–Crippen MR) is 90.6 cm³/mol. The van der Waals surface area contributed by atoms with Crippen molar-refractivity contribution in [2.24, 2.45) is 0 Å². The number of hydrogen-bond acceptors (Lipinski definition) is 5. The topological polar surface area (TPSA) is 59.1 Å². The summed E-state index contributed by atoms with van der Waals surface area (Å²) in [5.74, 6) is 2.41. The standard InChI is InChI=1S/C17H24N4O/c1-4-13(2)20-16-10-12-19-17(21-16)18-11-9-14-7-5-6-8-15(14)22-3/h5-8,10,12-13H,4,9,11H2,1-3H3,(H2,18,19,20,21). The molecule has 2 rings (SSSR count). The first-order chi connectivity index (χ1) is 10.7. The van der Waals surface area contributed by atoms with Crippen molar-refractivity contribution in [1.82, 2.24) is 9.97 Å². The first-order valence-corrected chi connectivity index (χ1v) is 7.68. The fourth-order valence-corrected chi connectivity index (χ4v) is 2.10. The van der Waals surface area contributed by atoms with E-state index < -0.39 is 0 Å². The molecular weight excluding hydrogens is 276 g/mol. The van der Waals surface area contributed by atoms with Crippen LogP contribution in [-0.4, -0.2) is 29.7 Å². The Morgan fingerprint density at radius 2 is 2.05 bits per heavy atom. The van der Waals surface area contributed by atoms with Crippen LogP contribution in [0.15, 0.2) is 36.5 Å². The van der Waals surface area contributed by atoms with E-state index in [2.05, 4.69) is 40.5 Å². The van der Waals surface area contributed by atoms with Gasteiger partial charge in [-0.15, -0.1) is 0 Å². The number of aromatic nitrogens is 2. The van der Waals surface area contributed by atoms with Crippen molar-refractivity contribution in [3.05, 3.63) is 42.1 Å². The molecule has 0 aliphatic heterocycles. The second-order valence-corrected chi connectivity index (χ2v) is 5.21. The van der Waals surface area contributed by atoms with Crippen LogP contribution in [0.3, 0.4) is 0 Å². The molecular formula is C17H24N4O. The zero-order valence-electron chi connectivity index (χ0n) is 13.5. The first-order valence-electron chi connectivity index (χ1n) is 7.68. The van der Waals surface area contributed by atoms with Gasteiger partial charge in [0, 0.05) is 18.8 Å².